The number of aliphatic carboxylic acids is 1. The van der Waals surface area contributed by atoms with Crippen LogP contribution in [0.25, 0.3) is 0 Å². The van der Waals surface area contributed by atoms with E-state index in [1.165, 1.54) is 54.1 Å². The first-order valence-electron chi connectivity index (χ1n) is 11.9. The molecule has 0 spiro atoms. The molecule has 1 fully saturated rings. The molecule has 0 aliphatic heterocycles. The first-order chi connectivity index (χ1) is 16.0. The topological polar surface area (TPSA) is 88.5 Å². The maximum Gasteiger partial charge on any atom is 0.326 e. The standard InChI is InChI=1S/C26H31FN2O4/c27-20-9-6-19(7-10-20)25(30)29-24(26(31)32)13-14-33-22-15-17(16-22)5-11-21-12-8-18-3-1-2-4-23(18)28-21/h6-10,12,17,22,24H,1-5,11,13-16H2,(H,29,30)(H,31,32). The molecule has 2 aliphatic carbocycles. The maximum atomic E-state index is 13.0. The van der Waals surface area contributed by atoms with Crippen molar-refractivity contribution in [2.45, 2.75) is 69.9 Å². The molecule has 7 heteroatoms. The Morgan fingerprint density at radius 3 is 2.64 bits per heavy atom. The summed E-state index contributed by atoms with van der Waals surface area (Å²) in [5.74, 6) is -1.49. The molecule has 0 radical (unpaired) electrons. The highest BCUT2D eigenvalue weighted by Crippen LogP contribution is 2.34. The quantitative estimate of drug-likeness (QED) is 0.564. The second-order valence-corrected chi connectivity index (χ2v) is 9.14. The molecule has 2 N–H and O–H groups in total. The number of nitrogens with one attached hydrogen (secondary N) is 1. The lowest BCUT2D eigenvalue weighted by molar-refractivity contribution is -0.140. The van der Waals surface area contributed by atoms with E-state index >= 15 is 0 Å². The van der Waals surface area contributed by atoms with Gasteiger partial charge in [-0.25, -0.2) is 9.18 Å². The number of halogens is 1. The Morgan fingerprint density at radius 2 is 1.88 bits per heavy atom. The maximum absolute atomic E-state index is 13.0. The average molecular weight is 455 g/mol. The van der Waals surface area contributed by atoms with E-state index in [1.807, 2.05) is 0 Å². The van der Waals surface area contributed by atoms with Gasteiger partial charge in [-0.2, -0.15) is 0 Å². The van der Waals surface area contributed by atoms with Gasteiger partial charge in [-0.1, -0.05) is 6.07 Å². The molecule has 4 rings (SSSR count). The molecule has 33 heavy (non-hydrogen) atoms. The summed E-state index contributed by atoms with van der Waals surface area (Å²) in [6, 6.07) is 8.36. The lowest BCUT2D eigenvalue weighted by Crippen LogP contribution is -2.42. The number of ether oxygens (including phenoxy) is 1. The Balaban J connectivity index is 1.14. The Labute approximate surface area is 193 Å². The van der Waals surface area contributed by atoms with Gasteiger partial charge in [0.25, 0.3) is 5.91 Å². The molecule has 2 aromatic rings. The fourth-order valence-corrected chi connectivity index (χ4v) is 4.62. The molecular formula is C26H31FN2O4. The summed E-state index contributed by atoms with van der Waals surface area (Å²) in [6.45, 7) is 0.268. The van der Waals surface area contributed by atoms with E-state index in [4.69, 9.17) is 9.72 Å². The Bertz CT molecular complexity index is 973. The zero-order chi connectivity index (χ0) is 23.2. The van der Waals surface area contributed by atoms with Crippen molar-refractivity contribution in [2.24, 2.45) is 5.92 Å². The number of carboxylic acid groups (broad SMARTS) is 1. The molecule has 176 valence electrons. The number of pyridine rings is 1. The third-order valence-corrected chi connectivity index (χ3v) is 6.71. The number of amides is 1. The predicted molar refractivity (Wildman–Crippen MR) is 122 cm³/mol. The zero-order valence-corrected chi connectivity index (χ0v) is 18.8. The molecule has 1 atom stereocenters. The number of fused-ring (bicyclic) bond motifs is 1. The molecule has 2 aliphatic rings. The monoisotopic (exact) mass is 454 g/mol. The number of carbonyl (C=O) groups excluding carboxylic acids is 1. The third kappa shape index (κ3) is 6.38. The normalized spacial score (nSPS) is 20.4. The molecule has 6 nitrogen and oxygen atoms in total. The van der Waals surface area contributed by atoms with Crippen LogP contribution in [0.2, 0.25) is 0 Å². The van der Waals surface area contributed by atoms with Crippen molar-refractivity contribution in [3.05, 3.63) is 64.7 Å². The molecular weight excluding hydrogens is 423 g/mol. The first-order valence-corrected chi connectivity index (χ1v) is 11.9. The number of aromatic nitrogens is 1. The van der Waals surface area contributed by atoms with E-state index in [0.29, 0.717) is 5.92 Å². The third-order valence-electron chi connectivity index (χ3n) is 6.71. The summed E-state index contributed by atoms with van der Waals surface area (Å²) in [6.07, 6.45) is 9.13. The average Bonchev–Trinajstić information content (AvgIpc) is 2.79. The molecule has 1 heterocycles. The van der Waals surface area contributed by atoms with Crippen molar-refractivity contribution < 1.29 is 23.8 Å². The Kier molecular flexibility index (Phi) is 7.70. The number of carboxylic acids is 1. The van der Waals surface area contributed by atoms with Gasteiger partial charge in [-0.15, -0.1) is 0 Å². The molecule has 0 saturated heterocycles. The fraction of sp³-hybridized carbons (Fsp3) is 0.500. The smallest absolute Gasteiger partial charge is 0.326 e. The van der Waals surface area contributed by atoms with Crippen molar-refractivity contribution in [2.75, 3.05) is 6.61 Å². The number of nitrogens with zero attached hydrogens (tertiary/aromatic N) is 1. The van der Waals surface area contributed by atoms with Gasteiger partial charge in [0.15, 0.2) is 0 Å². The van der Waals surface area contributed by atoms with Crippen LogP contribution in [0, 0.1) is 11.7 Å². The van der Waals surface area contributed by atoms with Gasteiger partial charge >= 0.3 is 5.97 Å². The van der Waals surface area contributed by atoms with E-state index in [0.717, 1.165) is 38.5 Å². The van der Waals surface area contributed by atoms with Gasteiger partial charge in [0.1, 0.15) is 11.9 Å². The van der Waals surface area contributed by atoms with Crippen LogP contribution in [0.5, 0.6) is 0 Å². The van der Waals surface area contributed by atoms with Gasteiger partial charge < -0.3 is 15.2 Å². The van der Waals surface area contributed by atoms with Crippen molar-refractivity contribution in [3.63, 3.8) is 0 Å². The van der Waals surface area contributed by atoms with Crippen LogP contribution in [-0.2, 0) is 28.8 Å². The molecule has 1 amide bonds. The minimum Gasteiger partial charge on any atom is -0.480 e. The predicted octanol–water partition coefficient (Wildman–Crippen LogP) is 4.10. The lowest BCUT2D eigenvalue weighted by atomic mass is 9.79. The lowest BCUT2D eigenvalue weighted by Gasteiger charge is -2.35. The van der Waals surface area contributed by atoms with Crippen LogP contribution in [0.15, 0.2) is 36.4 Å². The number of rotatable bonds is 10. The highest BCUT2D eigenvalue weighted by molar-refractivity contribution is 5.96. The van der Waals surface area contributed by atoms with Gasteiger partial charge in [0.05, 0.1) is 6.10 Å². The number of hydrogen-bond donors (Lipinski definition) is 2. The van der Waals surface area contributed by atoms with E-state index in [-0.39, 0.29) is 24.7 Å². The second-order valence-electron chi connectivity index (χ2n) is 9.14. The van der Waals surface area contributed by atoms with Crippen molar-refractivity contribution >= 4 is 11.9 Å². The summed E-state index contributed by atoms with van der Waals surface area (Å²) in [7, 11) is 0. The number of hydrogen-bond acceptors (Lipinski definition) is 4. The molecule has 1 aromatic heterocycles. The van der Waals surface area contributed by atoms with Gasteiger partial charge in [-0.05, 0) is 93.2 Å². The highest BCUT2D eigenvalue weighted by atomic mass is 19.1. The number of carbonyl (C=O) groups is 2. The Morgan fingerprint density at radius 1 is 1.12 bits per heavy atom. The van der Waals surface area contributed by atoms with Gasteiger partial charge in [-0.3, -0.25) is 9.78 Å². The largest absolute Gasteiger partial charge is 0.480 e. The van der Waals surface area contributed by atoms with Crippen molar-refractivity contribution in [1.82, 2.24) is 10.3 Å². The van der Waals surface area contributed by atoms with Gasteiger partial charge in [0.2, 0.25) is 0 Å². The van der Waals surface area contributed by atoms with Crippen LogP contribution in [-0.4, -0.2) is 40.7 Å². The molecule has 1 unspecified atom stereocenters. The molecule has 1 aromatic carbocycles. The molecule has 0 bridgehead atoms. The summed E-state index contributed by atoms with van der Waals surface area (Å²) in [5, 5.41) is 11.9. The second kappa shape index (κ2) is 10.9. The van der Waals surface area contributed by atoms with E-state index in [2.05, 4.69) is 17.4 Å². The van der Waals surface area contributed by atoms with Gasteiger partial charge in [0, 0.05) is 30.0 Å². The summed E-state index contributed by atoms with van der Waals surface area (Å²) in [5.41, 5.74) is 4.10. The van der Waals surface area contributed by atoms with E-state index in [1.54, 1.807) is 0 Å². The molecule has 1 saturated carbocycles. The Hall–Kier alpha value is -2.80. The van der Waals surface area contributed by atoms with Crippen LogP contribution in [0.4, 0.5) is 4.39 Å². The van der Waals surface area contributed by atoms with Crippen LogP contribution in [0.1, 0.15) is 65.8 Å². The minimum absolute atomic E-state index is 0.147. The van der Waals surface area contributed by atoms with Crippen molar-refractivity contribution in [3.8, 4) is 0 Å². The highest BCUT2D eigenvalue weighted by Gasteiger charge is 2.30. The minimum atomic E-state index is -1.11. The zero-order valence-electron chi connectivity index (χ0n) is 18.8. The fourth-order valence-electron chi connectivity index (χ4n) is 4.62. The number of aryl methyl sites for hydroxylation is 3. The van der Waals surface area contributed by atoms with E-state index in [9.17, 15) is 19.1 Å². The summed E-state index contributed by atoms with van der Waals surface area (Å²) in [4.78, 5) is 28.6. The van der Waals surface area contributed by atoms with Crippen LogP contribution < -0.4 is 5.32 Å². The van der Waals surface area contributed by atoms with Crippen LogP contribution >= 0.6 is 0 Å². The first kappa shape index (κ1) is 23.4. The SMILES string of the molecule is O=C(NC(CCOC1CC(CCc2ccc3c(n2)CCCC3)C1)C(=O)O)c1ccc(F)cc1. The van der Waals surface area contributed by atoms with Crippen LogP contribution in [0.3, 0.4) is 0 Å². The number of benzene rings is 1. The summed E-state index contributed by atoms with van der Waals surface area (Å²) >= 11 is 0. The van der Waals surface area contributed by atoms with Crippen molar-refractivity contribution in [1.29, 1.82) is 0 Å². The van der Waals surface area contributed by atoms with E-state index < -0.39 is 23.7 Å². The summed E-state index contributed by atoms with van der Waals surface area (Å²) < 4.78 is 18.8.